The third-order valence-electron chi connectivity index (χ3n) is 6.58. The van der Waals surface area contributed by atoms with Gasteiger partial charge < -0.3 is 10.1 Å². The summed E-state index contributed by atoms with van der Waals surface area (Å²) in [6.07, 6.45) is 6.41. The predicted octanol–water partition coefficient (Wildman–Crippen LogP) is 5.02. The molecule has 2 aliphatic rings. The van der Waals surface area contributed by atoms with Crippen LogP contribution < -0.4 is 10.1 Å². The minimum Gasteiger partial charge on any atom is -0.497 e. The standard InChI is InChI=1S/C28H33N3O3S2/c1-34-23-14-12-22(13-15-23)24(30-16-6-3-7-17-30)20-29-26(32)11-8-18-31-27(33)25(36-28(31)35)19-21-9-4-2-5-10-21/h2,4-5,9-10,12-15,19,24H,3,6-8,11,16-18,20H2,1H3,(H,29,32)/b25-19-. The molecule has 190 valence electrons. The second-order valence-electron chi connectivity index (χ2n) is 9.04. The molecule has 1 atom stereocenters. The number of hydrogen-bond donors (Lipinski definition) is 1. The molecule has 1 N–H and O–H groups in total. The Labute approximate surface area is 223 Å². The topological polar surface area (TPSA) is 61.9 Å². The minimum atomic E-state index is -0.0843. The number of thiocarbonyl (C=S) groups is 1. The second-order valence-corrected chi connectivity index (χ2v) is 10.7. The Hall–Kier alpha value is -2.68. The quantitative estimate of drug-likeness (QED) is 0.349. The lowest BCUT2D eigenvalue weighted by Gasteiger charge is -2.35. The lowest BCUT2D eigenvalue weighted by Crippen LogP contribution is -2.40. The highest BCUT2D eigenvalue weighted by Crippen LogP contribution is 2.32. The molecule has 2 saturated heterocycles. The van der Waals surface area contributed by atoms with E-state index in [1.165, 1.54) is 36.6 Å². The largest absolute Gasteiger partial charge is 0.497 e. The Kier molecular flexibility index (Phi) is 9.55. The molecule has 2 aliphatic heterocycles. The van der Waals surface area contributed by atoms with E-state index in [2.05, 4.69) is 22.3 Å². The van der Waals surface area contributed by atoms with Gasteiger partial charge in [-0.3, -0.25) is 19.4 Å². The first kappa shape index (κ1) is 26.4. The highest BCUT2D eigenvalue weighted by Gasteiger charge is 2.31. The van der Waals surface area contributed by atoms with Crippen LogP contribution in [0.15, 0.2) is 59.5 Å². The average molecular weight is 524 g/mol. The van der Waals surface area contributed by atoms with Crippen molar-refractivity contribution in [3.05, 3.63) is 70.6 Å². The van der Waals surface area contributed by atoms with Crippen molar-refractivity contribution in [1.82, 2.24) is 15.1 Å². The Morgan fingerprint density at radius 1 is 1.11 bits per heavy atom. The third kappa shape index (κ3) is 6.96. The third-order valence-corrected chi connectivity index (χ3v) is 7.96. The number of methoxy groups -OCH3 is 1. The van der Waals surface area contributed by atoms with E-state index in [4.69, 9.17) is 17.0 Å². The Bertz CT molecular complexity index is 1080. The van der Waals surface area contributed by atoms with Gasteiger partial charge in [0.1, 0.15) is 10.1 Å². The first-order chi connectivity index (χ1) is 17.5. The maximum Gasteiger partial charge on any atom is 0.266 e. The molecule has 0 aromatic heterocycles. The minimum absolute atomic E-state index is 0.00390. The smallest absolute Gasteiger partial charge is 0.266 e. The van der Waals surface area contributed by atoms with Crippen LogP contribution in [-0.4, -0.2) is 59.2 Å². The number of carbonyl (C=O) groups excluding carboxylic acids is 2. The number of rotatable bonds is 10. The first-order valence-corrected chi connectivity index (χ1v) is 13.7. The van der Waals surface area contributed by atoms with Crippen molar-refractivity contribution in [2.45, 2.75) is 38.1 Å². The van der Waals surface area contributed by atoms with Gasteiger partial charge in [-0.15, -0.1) is 0 Å². The predicted molar refractivity (Wildman–Crippen MR) is 150 cm³/mol. The van der Waals surface area contributed by atoms with E-state index in [-0.39, 0.29) is 17.9 Å². The molecule has 2 heterocycles. The van der Waals surface area contributed by atoms with Gasteiger partial charge in [0.05, 0.1) is 18.1 Å². The Morgan fingerprint density at radius 3 is 2.53 bits per heavy atom. The second kappa shape index (κ2) is 13.0. The maximum absolute atomic E-state index is 12.8. The molecule has 2 amide bonds. The molecule has 0 bridgehead atoms. The molecule has 0 radical (unpaired) electrons. The molecule has 6 nitrogen and oxygen atoms in total. The van der Waals surface area contributed by atoms with Crippen molar-refractivity contribution in [1.29, 1.82) is 0 Å². The highest BCUT2D eigenvalue weighted by atomic mass is 32.2. The fraction of sp³-hybridized carbons (Fsp3) is 0.393. The first-order valence-electron chi connectivity index (χ1n) is 12.5. The average Bonchev–Trinajstić information content (AvgIpc) is 3.17. The Morgan fingerprint density at radius 2 is 1.83 bits per heavy atom. The van der Waals surface area contributed by atoms with Gasteiger partial charge >= 0.3 is 0 Å². The van der Waals surface area contributed by atoms with Crippen molar-refractivity contribution in [3.63, 3.8) is 0 Å². The van der Waals surface area contributed by atoms with E-state index in [0.717, 1.165) is 24.4 Å². The molecular formula is C28H33N3O3S2. The summed E-state index contributed by atoms with van der Waals surface area (Å²) in [6.45, 7) is 3.08. The van der Waals surface area contributed by atoms with Crippen molar-refractivity contribution >= 4 is 46.2 Å². The van der Waals surface area contributed by atoms with Crippen molar-refractivity contribution in [2.75, 3.05) is 33.3 Å². The van der Waals surface area contributed by atoms with Crippen LogP contribution >= 0.6 is 24.0 Å². The van der Waals surface area contributed by atoms with Crippen molar-refractivity contribution in [2.24, 2.45) is 0 Å². The van der Waals surface area contributed by atoms with Gasteiger partial charge in [0.25, 0.3) is 5.91 Å². The van der Waals surface area contributed by atoms with E-state index < -0.39 is 0 Å². The van der Waals surface area contributed by atoms with Crippen LogP contribution in [0.4, 0.5) is 0 Å². The van der Waals surface area contributed by atoms with E-state index in [0.29, 0.717) is 35.2 Å². The van der Waals surface area contributed by atoms with Gasteiger partial charge in [-0.25, -0.2) is 0 Å². The number of nitrogens with one attached hydrogen (secondary N) is 1. The van der Waals surface area contributed by atoms with Crippen molar-refractivity contribution in [3.8, 4) is 5.75 Å². The van der Waals surface area contributed by atoms with Crippen LogP contribution in [0.3, 0.4) is 0 Å². The van der Waals surface area contributed by atoms with Gasteiger partial charge in [-0.05, 0) is 61.7 Å². The highest BCUT2D eigenvalue weighted by molar-refractivity contribution is 8.26. The number of amides is 2. The van der Waals surface area contributed by atoms with Crippen LogP contribution in [0.2, 0.25) is 0 Å². The summed E-state index contributed by atoms with van der Waals surface area (Å²) in [5.41, 5.74) is 2.15. The normalized spacial score (nSPS) is 18.5. The number of piperidine rings is 1. The summed E-state index contributed by atoms with van der Waals surface area (Å²) in [5.74, 6) is 0.740. The van der Waals surface area contributed by atoms with E-state index in [1.807, 2.05) is 48.5 Å². The van der Waals surface area contributed by atoms with Crippen LogP contribution in [0.5, 0.6) is 5.75 Å². The fourth-order valence-corrected chi connectivity index (χ4v) is 5.91. The molecule has 0 aliphatic carbocycles. The monoisotopic (exact) mass is 523 g/mol. The number of benzene rings is 2. The summed E-state index contributed by atoms with van der Waals surface area (Å²) < 4.78 is 5.85. The molecule has 2 aromatic rings. The lowest BCUT2D eigenvalue weighted by atomic mass is 10.0. The number of thioether (sulfide) groups is 1. The van der Waals surface area contributed by atoms with Crippen LogP contribution in [0.25, 0.3) is 6.08 Å². The van der Waals surface area contributed by atoms with Gasteiger partial charge in [0, 0.05) is 19.5 Å². The molecule has 2 fully saturated rings. The maximum atomic E-state index is 12.8. The number of ether oxygens (including phenoxy) is 1. The molecule has 0 saturated carbocycles. The Balaban J connectivity index is 1.28. The molecule has 4 rings (SSSR count). The fourth-order valence-electron chi connectivity index (χ4n) is 4.60. The summed E-state index contributed by atoms with van der Waals surface area (Å²) in [6, 6.07) is 18.0. The van der Waals surface area contributed by atoms with E-state index >= 15 is 0 Å². The van der Waals surface area contributed by atoms with Gasteiger partial charge in [0.15, 0.2) is 0 Å². The number of likely N-dealkylation sites (tertiary alicyclic amines) is 1. The zero-order chi connectivity index (χ0) is 25.3. The van der Waals surface area contributed by atoms with Gasteiger partial charge in [-0.1, -0.05) is 72.9 Å². The summed E-state index contributed by atoms with van der Waals surface area (Å²) in [5, 5.41) is 3.13. The van der Waals surface area contributed by atoms with E-state index in [9.17, 15) is 9.59 Å². The van der Waals surface area contributed by atoms with Gasteiger partial charge in [-0.2, -0.15) is 0 Å². The molecular weight excluding hydrogens is 490 g/mol. The van der Waals surface area contributed by atoms with Crippen molar-refractivity contribution < 1.29 is 14.3 Å². The zero-order valence-electron chi connectivity index (χ0n) is 20.7. The van der Waals surface area contributed by atoms with Crippen LogP contribution in [-0.2, 0) is 9.59 Å². The number of nitrogens with zero attached hydrogens (tertiary/aromatic N) is 2. The zero-order valence-corrected chi connectivity index (χ0v) is 22.3. The van der Waals surface area contributed by atoms with Crippen LogP contribution in [0.1, 0.15) is 49.3 Å². The SMILES string of the molecule is COc1ccc(C(CNC(=O)CCCN2C(=O)/C(=C/c3ccccc3)SC2=S)N2CCCCC2)cc1. The van der Waals surface area contributed by atoms with Gasteiger partial charge in [0.2, 0.25) is 5.91 Å². The molecule has 1 unspecified atom stereocenters. The van der Waals surface area contributed by atoms with E-state index in [1.54, 1.807) is 12.0 Å². The number of carbonyl (C=O) groups is 2. The lowest BCUT2D eigenvalue weighted by molar-refractivity contribution is -0.124. The molecule has 2 aromatic carbocycles. The molecule has 36 heavy (non-hydrogen) atoms. The summed E-state index contributed by atoms with van der Waals surface area (Å²) in [4.78, 5) is 30.2. The summed E-state index contributed by atoms with van der Waals surface area (Å²) in [7, 11) is 1.67. The molecule has 8 heteroatoms. The number of hydrogen-bond acceptors (Lipinski definition) is 6. The van der Waals surface area contributed by atoms with Crippen LogP contribution in [0, 0.1) is 0 Å². The summed E-state index contributed by atoms with van der Waals surface area (Å²) >= 11 is 6.75. The molecule has 0 spiro atoms.